The minimum atomic E-state index is -1.24. The summed E-state index contributed by atoms with van der Waals surface area (Å²) in [6.07, 6.45) is 0. The van der Waals surface area contributed by atoms with Crippen LogP contribution < -0.4 is 19.5 Å². The predicted octanol–water partition coefficient (Wildman–Crippen LogP) is 2.94. The van der Waals surface area contributed by atoms with Crippen LogP contribution in [-0.2, 0) is 10.4 Å². The quantitative estimate of drug-likeness (QED) is 0.783. The van der Waals surface area contributed by atoms with Crippen LogP contribution in [-0.4, -0.2) is 31.0 Å². The van der Waals surface area contributed by atoms with Crippen molar-refractivity contribution in [3.8, 4) is 17.2 Å². The van der Waals surface area contributed by atoms with E-state index in [0.29, 0.717) is 28.7 Å². The molecule has 1 amide bonds. The lowest BCUT2D eigenvalue weighted by Crippen LogP contribution is -2.40. The van der Waals surface area contributed by atoms with Gasteiger partial charge in [-0.1, -0.05) is 32.0 Å². The minimum Gasteiger partial charge on any atom is -0.484 e. The molecule has 2 N–H and O–H groups in total. The normalized spacial score (nSPS) is 14.7. The highest BCUT2D eigenvalue weighted by atomic mass is 16.7. The number of aliphatic hydroxyl groups is 1. The van der Waals surface area contributed by atoms with Crippen LogP contribution in [0.3, 0.4) is 0 Å². The summed E-state index contributed by atoms with van der Waals surface area (Å²) in [7, 11) is 0. The molecule has 0 saturated carbocycles. The average Bonchev–Trinajstić information content (AvgIpc) is 3.13. The Morgan fingerprint density at radius 3 is 2.59 bits per heavy atom. The highest BCUT2D eigenvalue weighted by Crippen LogP contribution is 2.35. The zero-order chi connectivity index (χ0) is 19.4. The van der Waals surface area contributed by atoms with Crippen molar-refractivity contribution < 1.29 is 24.1 Å². The molecule has 27 heavy (non-hydrogen) atoms. The van der Waals surface area contributed by atoms with Crippen LogP contribution in [0.15, 0.2) is 42.5 Å². The van der Waals surface area contributed by atoms with Gasteiger partial charge in [0.1, 0.15) is 11.4 Å². The molecule has 3 rings (SSSR count). The van der Waals surface area contributed by atoms with Crippen LogP contribution in [0.5, 0.6) is 17.2 Å². The number of carbonyl (C=O) groups is 1. The lowest BCUT2D eigenvalue weighted by molar-refractivity contribution is -0.124. The number of carbonyl (C=O) groups excluding carboxylic acids is 1. The van der Waals surface area contributed by atoms with E-state index in [2.05, 4.69) is 19.2 Å². The average molecular weight is 371 g/mol. The van der Waals surface area contributed by atoms with Crippen molar-refractivity contribution in [2.24, 2.45) is 0 Å². The molecule has 1 aliphatic heterocycles. The van der Waals surface area contributed by atoms with E-state index >= 15 is 0 Å². The van der Waals surface area contributed by atoms with Gasteiger partial charge >= 0.3 is 0 Å². The molecule has 1 unspecified atom stereocenters. The van der Waals surface area contributed by atoms with Gasteiger partial charge in [-0.2, -0.15) is 0 Å². The zero-order valence-electron chi connectivity index (χ0n) is 15.8. The Kier molecular flexibility index (Phi) is 5.56. The topological polar surface area (TPSA) is 77.0 Å². The minimum absolute atomic E-state index is 0.0567. The summed E-state index contributed by atoms with van der Waals surface area (Å²) in [4.78, 5) is 12.1. The first kappa shape index (κ1) is 19.0. The van der Waals surface area contributed by atoms with Crippen LogP contribution in [0, 0.1) is 0 Å². The molecule has 0 aromatic heterocycles. The molecule has 6 nitrogen and oxygen atoms in total. The predicted molar refractivity (Wildman–Crippen MR) is 101 cm³/mol. The van der Waals surface area contributed by atoms with Crippen LogP contribution in [0.4, 0.5) is 0 Å². The molecule has 0 radical (unpaired) electrons. The molecule has 144 valence electrons. The number of hydrogen-bond donors (Lipinski definition) is 2. The molecule has 0 spiro atoms. The van der Waals surface area contributed by atoms with Crippen molar-refractivity contribution in [1.29, 1.82) is 0 Å². The Balaban J connectivity index is 1.50. The fraction of sp³-hybridized carbons (Fsp3) is 0.381. The van der Waals surface area contributed by atoms with Gasteiger partial charge in [-0.3, -0.25) is 4.79 Å². The van der Waals surface area contributed by atoms with Gasteiger partial charge in [0.05, 0.1) is 6.54 Å². The molecule has 1 atom stereocenters. The second-order valence-corrected chi connectivity index (χ2v) is 7.13. The molecule has 0 aliphatic carbocycles. The molecular weight excluding hydrogens is 346 g/mol. The molecule has 1 aliphatic rings. The van der Waals surface area contributed by atoms with E-state index in [9.17, 15) is 9.90 Å². The molecule has 0 saturated heterocycles. The van der Waals surface area contributed by atoms with E-state index in [4.69, 9.17) is 14.2 Å². The smallest absolute Gasteiger partial charge is 0.258 e. The highest BCUT2D eigenvalue weighted by Gasteiger charge is 2.26. The first-order chi connectivity index (χ1) is 12.8. The number of fused-ring (bicyclic) bond motifs is 1. The summed E-state index contributed by atoms with van der Waals surface area (Å²) >= 11 is 0. The Hall–Kier alpha value is -2.73. The Morgan fingerprint density at radius 1 is 1.19 bits per heavy atom. The number of nitrogens with one attached hydrogen (secondary N) is 1. The summed E-state index contributed by atoms with van der Waals surface area (Å²) < 4.78 is 16.1. The van der Waals surface area contributed by atoms with Gasteiger partial charge < -0.3 is 24.6 Å². The highest BCUT2D eigenvalue weighted by molar-refractivity contribution is 5.77. The summed E-state index contributed by atoms with van der Waals surface area (Å²) in [6.45, 7) is 5.99. The largest absolute Gasteiger partial charge is 0.484 e. The number of benzene rings is 2. The second kappa shape index (κ2) is 7.88. The van der Waals surface area contributed by atoms with Gasteiger partial charge in [-0.05, 0) is 48.2 Å². The number of amides is 1. The van der Waals surface area contributed by atoms with Crippen molar-refractivity contribution >= 4 is 5.91 Å². The first-order valence-electron chi connectivity index (χ1n) is 8.97. The molecule has 0 bridgehead atoms. The maximum atomic E-state index is 12.1. The van der Waals surface area contributed by atoms with Gasteiger partial charge in [-0.25, -0.2) is 0 Å². The third kappa shape index (κ3) is 4.71. The van der Waals surface area contributed by atoms with Gasteiger partial charge in [-0.15, -0.1) is 0 Å². The van der Waals surface area contributed by atoms with Crippen LogP contribution in [0.2, 0.25) is 0 Å². The van der Waals surface area contributed by atoms with E-state index in [0.717, 1.165) is 0 Å². The molecule has 6 heteroatoms. The number of ether oxygens (including phenoxy) is 3. The molecular formula is C21H25NO5. The fourth-order valence-corrected chi connectivity index (χ4v) is 2.75. The number of hydrogen-bond acceptors (Lipinski definition) is 5. The fourth-order valence-electron chi connectivity index (χ4n) is 2.75. The van der Waals surface area contributed by atoms with Crippen molar-refractivity contribution in [3.63, 3.8) is 0 Å². The van der Waals surface area contributed by atoms with E-state index in [1.807, 2.05) is 24.3 Å². The van der Waals surface area contributed by atoms with Crippen LogP contribution in [0.1, 0.15) is 37.8 Å². The molecule has 2 aromatic rings. The second-order valence-electron chi connectivity index (χ2n) is 7.13. The third-order valence-corrected chi connectivity index (χ3v) is 4.54. The van der Waals surface area contributed by atoms with E-state index in [1.165, 1.54) is 5.56 Å². The lowest BCUT2D eigenvalue weighted by Gasteiger charge is -2.24. The SMILES string of the molecule is CC(C)c1ccc(OCC(=O)NCC(C)(O)c2ccc3c(c2)OCO3)cc1. The van der Waals surface area contributed by atoms with Crippen molar-refractivity contribution in [2.45, 2.75) is 32.3 Å². The first-order valence-corrected chi connectivity index (χ1v) is 8.97. The summed E-state index contributed by atoms with van der Waals surface area (Å²) in [5.74, 6) is 2.02. The zero-order valence-corrected chi connectivity index (χ0v) is 15.8. The van der Waals surface area contributed by atoms with E-state index < -0.39 is 5.60 Å². The van der Waals surface area contributed by atoms with Gasteiger partial charge in [0, 0.05) is 0 Å². The van der Waals surface area contributed by atoms with Crippen LogP contribution in [0.25, 0.3) is 0 Å². The Morgan fingerprint density at radius 2 is 1.89 bits per heavy atom. The maximum Gasteiger partial charge on any atom is 0.258 e. The van der Waals surface area contributed by atoms with Gasteiger partial charge in [0.2, 0.25) is 6.79 Å². The molecule has 2 aromatic carbocycles. The van der Waals surface area contributed by atoms with Crippen molar-refractivity contribution in [3.05, 3.63) is 53.6 Å². The molecule has 1 heterocycles. The van der Waals surface area contributed by atoms with Gasteiger partial charge in [0.15, 0.2) is 18.1 Å². The summed E-state index contributed by atoms with van der Waals surface area (Å²) in [6, 6.07) is 12.9. The Labute approximate surface area is 159 Å². The van der Waals surface area contributed by atoms with Crippen LogP contribution >= 0.6 is 0 Å². The number of rotatable bonds is 7. The maximum absolute atomic E-state index is 12.1. The Bertz CT molecular complexity index is 799. The lowest BCUT2D eigenvalue weighted by atomic mass is 9.95. The monoisotopic (exact) mass is 371 g/mol. The van der Waals surface area contributed by atoms with E-state index in [-0.39, 0.29) is 25.9 Å². The van der Waals surface area contributed by atoms with Crippen molar-refractivity contribution in [2.75, 3.05) is 19.9 Å². The standard InChI is InChI=1S/C21H25NO5/c1-14(2)15-4-7-17(8-5-15)25-11-20(23)22-12-21(3,24)16-6-9-18-19(10-16)27-13-26-18/h4-10,14,24H,11-13H2,1-3H3,(H,22,23). The third-order valence-electron chi connectivity index (χ3n) is 4.54. The van der Waals surface area contributed by atoms with Gasteiger partial charge in [0.25, 0.3) is 5.91 Å². The summed E-state index contributed by atoms with van der Waals surface area (Å²) in [5, 5.41) is 13.4. The summed E-state index contributed by atoms with van der Waals surface area (Å²) in [5.41, 5.74) is 0.610. The van der Waals surface area contributed by atoms with Crippen molar-refractivity contribution in [1.82, 2.24) is 5.32 Å². The molecule has 0 fully saturated rings. The van der Waals surface area contributed by atoms with E-state index in [1.54, 1.807) is 25.1 Å².